The van der Waals surface area contributed by atoms with Crippen LogP contribution in [-0.2, 0) is 0 Å². The van der Waals surface area contributed by atoms with E-state index in [1.54, 1.807) is 7.05 Å². The number of hydrogen-bond donors (Lipinski definition) is 2. The summed E-state index contributed by atoms with van der Waals surface area (Å²) in [6, 6.07) is -0.0740. The Morgan fingerprint density at radius 3 is 2.44 bits per heavy atom. The van der Waals surface area contributed by atoms with Crippen molar-refractivity contribution in [2.24, 2.45) is 17.8 Å². The number of nitrogens with one attached hydrogen (secondary N) is 1. The second kappa shape index (κ2) is 7.62. The zero-order chi connectivity index (χ0) is 13.5. The van der Waals surface area contributed by atoms with E-state index in [1.165, 1.54) is 30.6 Å². The summed E-state index contributed by atoms with van der Waals surface area (Å²) in [7, 11) is 1.71. The van der Waals surface area contributed by atoms with Crippen molar-refractivity contribution in [2.75, 3.05) is 26.7 Å². The summed E-state index contributed by atoms with van der Waals surface area (Å²) in [6.07, 6.45) is 5.05. The summed E-state index contributed by atoms with van der Waals surface area (Å²) in [4.78, 5) is 13.2. The van der Waals surface area contributed by atoms with Gasteiger partial charge in [-0.25, -0.2) is 4.79 Å². The standard InChI is InChI=1S/C14H28N2O2/c1-11(2)13-6-4-12(5-7-13)10-15-14(18)16(3)8-9-17/h11-13,17H,4-10H2,1-3H3,(H,15,18). The Kier molecular flexibility index (Phi) is 6.47. The smallest absolute Gasteiger partial charge is 0.317 e. The third kappa shape index (κ3) is 4.84. The van der Waals surface area contributed by atoms with E-state index in [4.69, 9.17) is 5.11 Å². The molecule has 0 bridgehead atoms. The number of nitrogens with zero attached hydrogens (tertiary/aromatic N) is 1. The lowest BCUT2D eigenvalue weighted by Gasteiger charge is -2.31. The second-order valence-corrected chi connectivity index (χ2v) is 5.86. The molecular formula is C14H28N2O2. The lowest BCUT2D eigenvalue weighted by Crippen LogP contribution is -2.41. The summed E-state index contributed by atoms with van der Waals surface area (Å²) in [5, 5.41) is 11.7. The van der Waals surface area contributed by atoms with E-state index in [1.807, 2.05) is 0 Å². The van der Waals surface area contributed by atoms with Crippen molar-refractivity contribution in [3.05, 3.63) is 0 Å². The van der Waals surface area contributed by atoms with Crippen LogP contribution < -0.4 is 5.32 Å². The molecule has 1 aliphatic rings. The van der Waals surface area contributed by atoms with E-state index in [2.05, 4.69) is 19.2 Å². The van der Waals surface area contributed by atoms with Crippen molar-refractivity contribution in [3.63, 3.8) is 0 Å². The normalized spacial score (nSPS) is 24.1. The molecule has 0 unspecified atom stereocenters. The van der Waals surface area contributed by atoms with Gasteiger partial charge in [-0.3, -0.25) is 0 Å². The molecule has 0 radical (unpaired) electrons. The van der Waals surface area contributed by atoms with Gasteiger partial charge in [0.05, 0.1) is 6.61 Å². The predicted molar refractivity (Wildman–Crippen MR) is 73.4 cm³/mol. The first-order chi connectivity index (χ1) is 8.54. The molecule has 0 atom stereocenters. The number of hydrogen-bond acceptors (Lipinski definition) is 2. The van der Waals surface area contributed by atoms with Crippen molar-refractivity contribution in [1.82, 2.24) is 10.2 Å². The van der Waals surface area contributed by atoms with Crippen LogP contribution in [0.5, 0.6) is 0 Å². The Balaban J connectivity index is 2.19. The van der Waals surface area contributed by atoms with E-state index >= 15 is 0 Å². The van der Waals surface area contributed by atoms with Gasteiger partial charge in [-0.1, -0.05) is 13.8 Å². The molecule has 0 aromatic rings. The van der Waals surface area contributed by atoms with Gasteiger partial charge in [0.25, 0.3) is 0 Å². The first-order valence-electron chi connectivity index (χ1n) is 7.14. The topological polar surface area (TPSA) is 52.6 Å². The largest absolute Gasteiger partial charge is 0.395 e. The van der Waals surface area contributed by atoms with Crippen LogP contribution in [0, 0.1) is 17.8 Å². The molecule has 0 aromatic carbocycles. The zero-order valence-electron chi connectivity index (χ0n) is 12.0. The Hall–Kier alpha value is -0.770. The molecule has 0 spiro atoms. The van der Waals surface area contributed by atoms with Gasteiger partial charge in [0.15, 0.2) is 0 Å². The highest BCUT2D eigenvalue weighted by atomic mass is 16.3. The maximum absolute atomic E-state index is 11.7. The Morgan fingerprint density at radius 1 is 1.33 bits per heavy atom. The summed E-state index contributed by atoms with van der Waals surface area (Å²) < 4.78 is 0. The molecule has 4 nitrogen and oxygen atoms in total. The minimum absolute atomic E-state index is 0.0173. The molecule has 106 valence electrons. The highest BCUT2D eigenvalue weighted by molar-refractivity contribution is 5.73. The van der Waals surface area contributed by atoms with Gasteiger partial charge in [-0.15, -0.1) is 0 Å². The van der Waals surface area contributed by atoms with E-state index in [-0.39, 0.29) is 12.6 Å². The van der Waals surface area contributed by atoms with E-state index in [0.717, 1.165) is 18.4 Å². The third-order valence-corrected chi connectivity index (χ3v) is 4.16. The predicted octanol–water partition coefficient (Wildman–Crippen LogP) is 2.08. The number of carbonyl (C=O) groups is 1. The average Bonchev–Trinajstić information content (AvgIpc) is 2.36. The number of amides is 2. The Morgan fingerprint density at radius 2 is 1.94 bits per heavy atom. The van der Waals surface area contributed by atoms with Gasteiger partial charge in [0.2, 0.25) is 0 Å². The number of aliphatic hydroxyl groups is 1. The van der Waals surface area contributed by atoms with Gasteiger partial charge in [-0.2, -0.15) is 0 Å². The van der Waals surface area contributed by atoms with Crippen LogP contribution in [0.3, 0.4) is 0 Å². The molecule has 18 heavy (non-hydrogen) atoms. The van der Waals surface area contributed by atoms with Crippen molar-refractivity contribution >= 4 is 6.03 Å². The average molecular weight is 256 g/mol. The summed E-state index contributed by atoms with van der Waals surface area (Å²) in [6.45, 7) is 5.79. The number of likely N-dealkylation sites (N-methyl/N-ethyl adjacent to an activating group) is 1. The minimum Gasteiger partial charge on any atom is -0.395 e. The van der Waals surface area contributed by atoms with Crippen molar-refractivity contribution in [2.45, 2.75) is 39.5 Å². The third-order valence-electron chi connectivity index (χ3n) is 4.16. The number of urea groups is 1. The van der Waals surface area contributed by atoms with E-state index in [0.29, 0.717) is 12.5 Å². The molecule has 0 aromatic heterocycles. The molecule has 4 heteroatoms. The van der Waals surface area contributed by atoms with Crippen LogP contribution in [0.25, 0.3) is 0 Å². The van der Waals surface area contributed by atoms with Crippen LogP contribution in [0.1, 0.15) is 39.5 Å². The number of aliphatic hydroxyl groups excluding tert-OH is 1. The van der Waals surface area contributed by atoms with Crippen LogP contribution in [0.2, 0.25) is 0 Å². The number of rotatable bonds is 5. The monoisotopic (exact) mass is 256 g/mol. The fourth-order valence-corrected chi connectivity index (χ4v) is 2.68. The van der Waals surface area contributed by atoms with Gasteiger partial charge in [0, 0.05) is 20.1 Å². The maximum atomic E-state index is 11.7. The SMILES string of the molecule is CC(C)C1CCC(CNC(=O)N(C)CCO)CC1. The summed E-state index contributed by atoms with van der Waals surface area (Å²) >= 11 is 0. The van der Waals surface area contributed by atoms with Crippen molar-refractivity contribution in [1.29, 1.82) is 0 Å². The van der Waals surface area contributed by atoms with Gasteiger partial charge in [0.1, 0.15) is 0 Å². The molecule has 0 saturated heterocycles. The van der Waals surface area contributed by atoms with Crippen molar-refractivity contribution in [3.8, 4) is 0 Å². The molecule has 0 heterocycles. The fraction of sp³-hybridized carbons (Fsp3) is 0.929. The van der Waals surface area contributed by atoms with E-state index < -0.39 is 0 Å². The first kappa shape index (κ1) is 15.3. The fourth-order valence-electron chi connectivity index (χ4n) is 2.68. The molecule has 2 N–H and O–H groups in total. The van der Waals surface area contributed by atoms with Gasteiger partial charge >= 0.3 is 6.03 Å². The van der Waals surface area contributed by atoms with Crippen LogP contribution in [-0.4, -0.2) is 42.8 Å². The molecular weight excluding hydrogens is 228 g/mol. The van der Waals surface area contributed by atoms with Crippen LogP contribution >= 0.6 is 0 Å². The molecule has 1 rings (SSSR count). The second-order valence-electron chi connectivity index (χ2n) is 5.86. The highest BCUT2D eigenvalue weighted by Crippen LogP contribution is 2.32. The molecule has 1 fully saturated rings. The minimum atomic E-state index is -0.0740. The summed E-state index contributed by atoms with van der Waals surface area (Å²) in [5.74, 6) is 2.29. The molecule has 2 amide bonds. The molecule has 1 saturated carbocycles. The maximum Gasteiger partial charge on any atom is 0.317 e. The van der Waals surface area contributed by atoms with E-state index in [9.17, 15) is 4.79 Å². The van der Waals surface area contributed by atoms with Gasteiger partial charge < -0.3 is 15.3 Å². The Labute approximate surface area is 111 Å². The first-order valence-corrected chi connectivity index (χ1v) is 7.14. The molecule has 0 aliphatic heterocycles. The molecule has 1 aliphatic carbocycles. The number of carbonyl (C=O) groups excluding carboxylic acids is 1. The highest BCUT2D eigenvalue weighted by Gasteiger charge is 2.23. The summed E-state index contributed by atoms with van der Waals surface area (Å²) in [5.41, 5.74) is 0. The quantitative estimate of drug-likeness (QED) is 0.791. The van der Waals surface area contributed by atoms with Crippen LogP contribution in [0.15, 0.2) is 0 Å². The van der Waals surface area contributed by atoms with Crippen LogP contribution in [0.4, 0.5) is 4.79 Å². The lowest BCUT2D eigenvalue weighted by atomic mass is 9.77. The lowest BCUT2D eigenvalue weighted by molar-refractivity contribution is 0.182. The van der Waals surface area contributed by atoms with Gasteiger partial charge in [-0.05, 0) is 43.4 Å². The van der Waals surface area contributed by atoms with Crippen molar-refractivity contribution < 1.29 is 9.90 Å². The zero-order valence-corrected chi connectivity index (χ0v) is 12.0. The Bertz CT molecular complexity index is 248.